The van der Waals surface area contributed by atoms with Crippen LogP contribution in [0.3, 0.4) is 0 Å². The summed E-state index contributed by atoms with van der Waals surface area (Å²) < 4.78 is 12.8. The number of nitrogens with zero attached hydrogens (tertiary/aromatic N) is 6. The molecule has 3 saturated heterocycles. The molecule has 1 aliphatic carbocycles. The molecule has 5 aliphatic heterocycles. The van der Waals surface area contributed by atoms with Gasteiger partial charge in [-0.1, -0.05) is 17.7 Å². The molecular weight excluding hydrogens is 736 g/mol. The van der Waals surface area contributed by atoms with Gasteiger partial charge in [-0.3, -0.25) is 29.4 Å². The largest absolute Gasteiger partial charge is 0.490 e. The van der Waals surface area contributed by atoms with E-state index in [0.717, 1.165) is 100 Å². The highest BCUT2D eigenvalue weighted by Crippen LogP contribution is 2.43. The monoisotopic (exact) mass is 778 g/mol. The van der Waals surface area contributed by atoms with Gasteiger partial charge in [0.1, 0.15) is 23.1 Å². The van der Waals surface area contributed by atoms with Gasteiger partial charge < -0.3 is 24.6 Å². The Bertz CT molecular complexity index is 2120. The first-order chi connectivity index (χ1) is 27.1. The van der Waals surface area contributed by atoms with Crippen LogP contribution in [0.1, 0.15) is 89.8 Å². The summed E-state index contributed by atoms with van der Waals surface area (Å²) in [7, 11) is 0. The van der Waals surface area contributed by atoms with Crippen molar-refractivity contribution in [3.05, 3.63) is 81.3 Å². The fourth-order valence-electron chi connectivity index (χ4n) is 9.14. The SMILES string of the molecule is [C-]#[N+]c1ccc(OC2CCC(NC(=O)c3ccc(N4CC(N5CCC6(CCc7cc8c(cc7O6)CN(C6CCC(=O)NC6=O)C8=O)CC5)C4)nn3)CC2)cc1Cl. The molecule has 6 aliphatic rings. The third-order valence-corrected chi connectivity index (χ3v) is 12.8. The number of anilines is 1. The molecule has 3 aromatic rings. The zero-order valence-electron chi connectivity index (χ0n) is 31.0. The number of piperidine rings is 2. The van der Waals surface area contributed by atoms with Crippen molar-refractivity contribution in [3.8, 4) is 11.5 Å². The van der Waals surface area contributed by atoms with E-state index in [2.05, 4.69) is 35.5 Å². The van der Waals surface area contributed by atoms with Gasteiger partial charge in [0.15, 0.2) is 11.5 Å². The van der Waals surface area contributed by atoms with Gasteiger partial charge in [-0.15, -0.1) is 10.2 Å². The van der Waals surface area contributed by atoms with Crippen molar-refractivity contribution in [2.45, 2.75) is 101 Å². The highest BCUT2D eigenvalue weighted by Gasteiger charge is 2.45. The maximum absolute atomic E-state index is 13.3. The van der Waals surface area contributed by atoms with Crippen LogP contribution in [0, 0.1) is 6.57 Å². The molecule has 1 saturated carbocycles. The van der Waals surface area contributed by atoms with Crippen molar-refractivity contribution in [1.82, 2.24) is 30.6 Å². The standard InChI is InChI=1S/C41H43ClN8O6/c1-43-32-7-6-29(20-31(32)42)55-28-4-2-26(3-5-28)44-38(52)33-8-10-36(47-46-33)49-22-27(23-49)48-16-14-41(15-17-48)13-12-24-18-30-25(19-35(24)56-41)21-50(40(30)54)34-9-11-37(51)45-39(34)53/h6-8,10,18-20,26-28,34H,2-5,9,11-17,21-23H2,(H,44,52)(H,45,51,53). The van der Waals surface area contributed by atoms with Crippen LogP contribution in [0.2, 0.25) is 5.02 Å². The van der Waals surface area contributed by atoms with Crippen LogP contribution in [-0.4, -0.2) is 99.6 Å². The number of ether oxygens (including phenoxy) is 2. The van der Waals surface area contributed by atoms with Gasteiger partial charge >= 0.3 is 0 Å². The number of carbonyl (C=O) groups is 4. The molecule has 1 atom stereocenters. The number of fused-ring (bicyclic) bond motifs is 2. The topological polar surface area (TPSA) is 151 Å². The number of benzene rings is 2. The summed E-state index contributed by atoms with van der Waals surface area (Å²) in [6.45, 7) is 11.1. The third-order valence-electron chi connectivity index (χ3n) is 12.5. The molecular formula is C41H43ClN8O6. The van der Waals surface area contributed by atoms with E-state index < -0.39 is 11.9 Å². The van der Waals surface area contributed by atoms with E-state index in [1.165, 1.54) is 0 Å². The maximum Gasteiger partial charge on any atom is 0.272 e. The van der Waals surface area contributed by atoms with Gasteiger partial charge in [0.05, 0.1) is 17.7 Å². The highest BCUT2D eigenvalue weighted by molar-refractivity contribution is 6.33. The first-order valence-electron chi connectivity index (χ1n) is 19.6. The van der Waals surface area contributed by atoms with Crippen LogP contribution in [-0.2, 0) is 22.6 Å². The lowest BCUT2D eigenvalue weighted by Gasteiger charge is -2.51. The minimum atomic E-state index is -0.630. The van der Waals surface area contributed by atoms with Gasteiger partial charge in [-0.2, -0.15) is 0 Å². The molecule has 56 heavy (non-hydrogen) atoms. The molecule has 2 N–H and O–H groups in total. The number of hydrogen-bond donors (Lipinski definition) is 2. The van der Waals surface area contributed by atoms with Gasteiger partial charge in [-0.05, 0) is 105 Å². The molecule has 290 valence electrons. The Morgan fingerprint density at radius 2 is 1.77 bits per heavy atom. The number of amides is 4. The van der Waals surface area contributed by atoms with E-state index in [4.69, 9.17) is 27.6 Å². The molecule has 1 spiro atoms. The third kappa shape index (κ3) is 7.03. The summed E-state index contributed by atoms with van der Waals surface area (Å²) in [6.07, 6.45) is 7.37. The Kier molecular flexibility index (Phi) is 9.53. The Morgan fingerprint density at radius 3 is 2.48 bits per heavy atom. The van der Waals surface area contributed by atoms with Gasteiger partial charge in [0, 0.05) is 56.8 Å². The highest BCUT2D eigenvalue weighted by atomic mass is 35.5. The van der Waals surface area contributed by atoms with Crippen LogP contribution in [0.25, 0.3) is 4.85 Å². The molecule has 6 heterocycles. The van der Waals surface area contributed by atoms with Crippen LogP contribution >= 0.6 is 11.6 Å². The molecule has 1 aromatic heterocycles. The number of aryl methyl sites for hydroxylation is 1. The van der Waals surface area contributed by atoms with Crippen molar-refractivity contribution in [1.29, 1.82) is 0 Å². The second kappa shape index (κ2) is 14.7. The molecule has 14 nitrogen and oxygen atoms in total. The average Bonchev–Trinajstić information content (AvgIpc) is 3.49. The van der Waals surface area contributed by atoms with Gasteiger partial charge in [0.2, 0.25) is 17.5 Å². The Morgan fingerprint density at radius 1 is 0.964 bits per heavy atom. The number of hydrogen-bond acceptors (Lipinski definition) is 10. The van der Waals surface area contributed by atoms with E-state index in [1.807, 2.05) is 18.2 Å². The van der Waals surface area contributed by atoms with Crippen molar-refractivity contribution in [2.75, 3.05) is 31.1 Å². The molecule has 4 amide bonds. The fraction of sp³-hybridized carbons (Fsp3) is 0.488. The Balaban J connectivity index is 0.720. The molecule has 9 rings (SSSR count). The summed E-state index contributed by atoms with van der Waals surface area (Å²) in [5.41, 5.74) is 3.02. The first-order valence-corrected chi connectivity index (χ1v) is 20.0. The van der Waals surface area contributed by atoms with Crippen molar-refractivity contribution < 1.29 is 28.7 Å². The van der Waals surface area contributed by atoms with E-state index in [-0.39, 0.29) is 41.9 Å². The Labute approximate surface area is 329 Å². The number of imide groups is 1. The van der Waals surface area contributed by atoms with Crippen LogP contribution in [0.15, 0.2) is 42.5 Å². The predicted octanol–water partition coefficient (Wildman–Crippen LogP) is 4.61. The van der Waals surface area contributed by atoms with E-state index in [9.17, 15) is 19.2 Å². The van der Waals surface area contributed by atoms with Crippen molar-refractivity contribution >= 4 is 46.7 Å². The van der Waals surface area contributed by atoms with Gasteiger partial charge in [-0.25, -0.2) is 4.85 Å². The Hall–Kier alpha value is -5.26. The van der Waals surface area contributed by atoms with E-state index in [0.29, 0.717) is 46.7 Å². The van der Waals surface area contributed by atoms with Crippen molar-refractivity contribution in [3.63, 3.8) is 0 Å². The number of nitrogens with one attached hydrogen (secondary N) is 2. The minimum absolute atomic E-state index is 0.0276. The molecule has 0 bridgehead atoms. The molecule has 4 fully saturated rings. The second-order valence-corrected chi connectivity index (χ2v) is 16.4. The van der Waals surface area contributed by atoms with Crippen LogP contribution in [0.5, 0.6) is 11.5 Å². The summed E-state index contributed by atoms with van der Waals surface area (Å²) in [6, 6.07) is 12.5. The van der Waals surface area contributed by atoms with Crippen LogP contribution in [0.4, 0.5) is 11.5 Å². The zero-order chi connectivity index (χ0) is 38.6. The molecule has 0 radical (unpaired) electrons. The smallest absolute Gasteiger partial charge is 0.272 e. The van der Waals surface area contributed by atoms with Crippen LogP contribution < -0.4 is 25.0 Å². The summed E-state index contributed by atoms with van der Waals surface area (Å²) in [4.78, 5) is 60.2. The molecule has 15 heteroatoms. The minimum Gasteiger partial charge on any atom is -0.490 e. The lowest BCUT2D eigenvalue weighted by molar-refractivity contribution is -0.136. The number of likely N-dealkylation sites (tertiary alicyclic amines) is 1. The molecule has 1 unspecified atom stereocenters. The summed E-state index contributed by atoms with van der Waals surface area (Å²) in [5, 5.41) is 14.5. The lowest BCUT2D eigenvalue weighted by atomic mass is 9.82. The van der Waals surface area contributed by atoms with Gasteiger partial charge in [0.25, 0.3) is 11.8 Å². The zero-order valence-corrected chi connectivity index (χ0v) is 31.7. The molecule has 2 aromatic carbocycles. The number of aromatic nitrogens is 2. The number of carbonyl (C=O) groups excluding carboxylic acids is 4. The number of halogens is 1. The average molecular weight is 779 g/mol. The summed E-state index contributed by atoms with van der Waals surface area (Å²) >= 11 is 6.15. The second-order valence-electron chi connectivity index (χ2n) is 16.0. The normalized spacial score (nSPS) is 24.7. The predicted molar refractivity (Wildman–Crippen MR) is 205 cm³/mol. The summed E-state index contributed by atoms with van der Waals surface area (Å²) in [5.74, 6) is 1.19. The lowest BCUT2D eigenvalue weighted by Crippen LogP contribution is -2.63. The van der Waals surface area contributed by atoms with E-state index in [1.54, 1.807) is 29.2 Å². The fourth-order valence-corrected chi connectivity index (χ4v) is 9.35. The maximum atomic E-state index is 13.3. The van der Waals surface area contributed by atoms with Crippen molar-refractivity contribution in [2.24, 2.45) is 0 Å². The number of rotatable bonds is 7. The quantitative estimate of drug-likeness (QED) is 0.257. The first kappa shape index (κ1) is 36.4. The van der Waals surface area contributed by atoms with E-state index >= 15 is 0 Å².